The van der Waals surface area contributed by atoms with Crippen LogP contribution in [0.5, 0.6) is 0 Å². The lowest BCUT2D eigenvalue weighted by Gasteiger charge is -2.35. The van der Waals surface area contributed by atoms with Crippen LogP contribution >= 0.6 is 0 Å². The molecule has 3 nitrogen and oxygen atoms in total. The molecule has 0 spiro atoms. The number of likely N-dealkylation sites (tertiary alicyclic amines) is 1. The largest absolute Gasteiger partial charge is 0.317 e. The van der Waals surface area contributed by atoms with Gasteiger partial charge in [-0.25, -0.2) is 5.48 Å². The third-order valence-corrected chi connectivity index (χ3v) is 3.30. The van der Waals surface area contributed by atoms with Crippen LogP contribution in [-0.4, -0.2) is 29.2 Å². The van der Waals surface area contributed by atoms with Crippen LogP contribution in [0, 0.1) is 0 Å². The predicted octanol–water partition coefficient (Wildman–Crippen LogP) is 2.02. The van der Waals surface area contributed by atoms with Crippen molar-refractivity contribution in [1.29, 1.82) is 0 Å². The van der Waals surface area contributed by atoms with Gasteiger partial charge in [-0.15, -0.1) is 0 Å². The van der Waals surface area contributed by atoms with Crippen molar-refractivity contribution < 1.29 is 5.21 Å². The highest BCUT2D eigenvalue weighted by molar-refractivity contribution is 5.14. The number of hydrogen-bond donors (Lipinski definition) is 2. The predicted molar refractivity (Wildman–Crippen MR) is 64.3 cm³/mol. The zero-order valence-electron chi connectivity index (χ0n) is 9.60. The number of benzene rings is 1. The van der Waals surface area contributed by atoms with E-state index in [4.69, 9.17) is 5.21 Å². The summed E-state index contributed by atoms with van der Waals surface area (Å²) in [7, 11) is 0. The molecule has 0 bridgehead atoms. The Morgan fingerprint density at radius 1 is 1.25 bits per heavy atom. The Kier molecular flexibility index (Phi) is 4.34. The minimum Gasteiger partial charge on any atom is -0.317 e. The number of hydrogen-bond acceptors (Lipinski definition) is 3. The Morgan fingerprint density at radius 3 is 2.81 bits per heavy atom. The maximum Gasteiger partial charge on any atom is 0.0363 e. The summed E-state index contributed by atoms with van der Waals surface area (Å²) in [5, 5.41) is 8.83. The van der Waals surface area contributed by atoms with Gasteiger partial charge in [0.25, 0.3) is 0 Å². The first kappa shape index (κ1) is 11.6. The molecule has 1 atom stereocenters. The quantitative estimate of drug-likeness (QED) is 0.762. The van der Waals surface area contributed by atoms with Crippen LogP contribution < -0.4 is 5.48 Å². The fraction of sp³-hybridized carbons (Fsp3) is 0.538. The van der Waals surface area contributed by atoms with Crippen molar-refractivity contribution in [3.8, 4) is 0 Å². The van der Waals surface area contributed by atoms with Crippen molar-refractivity contribution in [1.82, 2.24) is 10.4 Å². The van der Waals surface area contributed by atoms with Crippen LogP contribution in [0.3, 0.4) is 0 Å². The lowest BCUT2D eigenvalue weighted by atomic mass is 10.0. The van der Waals surface area contributed by atoms with E-state index in [0.717, 1.165) is 13.1 Å². The maximum atomic E-state index is 8.83. The number of nitrogens with one attached hydrogen (secondary N) is 1. The summed E-state index contributed by atoms with van der Waals surface area (Å²) in [4.78, 5) is 2.46. The zero-order chi connectivity index (χ0) is 11.2. The second kappa shape index (κ2) is 5.99. The second-order valence-electron chi connectivity index (χ2n) is 4.47. The SMILES string of the molecule is ONCC1CCCCN1Cc1ccccc1. The molecule has 1 aromatic rings. The van der Waals surface area contributed by atoms with E-state index in [1.54, 1.807) is 0 Å². The Hall–Kier alpha value is -0.900. The molecule has 0 saturated carbocycles. The van der Waals surface area contributed by atoms with Crippen LogP contribution in [0.2, 0.25) is 0 Å². The first-order chi connectivity index (χ1) is 7.90. The van der Waals surface area contributed by atoms with E-state index < -0.39 is 0 Å². The number of rotatable bonds is 4. The van der Waals surface area contributed by atoms with Crippen LogP contribution in [0.1, 0.15) is 24.8 Å². The van der Waals surface area contributed by atoms with Crippen molar-refractivity contribution in [2.45, 2.75) is 31.8 Å². The van der Waals surface area contributed by atoms with Gasteiger partial charge in [-0.2, -0.15) is 0 Å². The Labute approximate surface area is 97.0 Å². The fourth-order valence-corrected chi connectivity index (χ4v) is 2.42. The van der Waals surface area contributed by atoms with Crippen molar-refractivity contribution in [2.24, 2.45) is 0 Å². The van der Waals surface area contributed by atoms with Crippen LogP contribution in [0.25, 0.3) is 0 Å². The van der Waals surface area contributed by atoms with Gasteiger partial charge < -0.3 is 5.21 Å². The molecule has 1 aliphatic rings. The summed E-state index contributed by atoms with van der Waals surface area (Å²) in [5.74, 6) is 0. The fourth-order valence-electron chi connectivity index (χ4n) is 2.42. The van der Waals surface area contributed by atoms with E-state index in [1.165, 1.54) is 24.8 Å². The van der Waals surface area contributed by atoms with Gasteiger partial charge in [-0.3, -0.25) is 4.90 Å². The molecule has 0 amide bonds. The van der Waals surface area contributed by atoms with Gasteiger partial charge in [0.15, 0.2) is 0 Å². The molecular formula is C13H20N2O. The van der Waals surface area contributed by atoms with Crippen molar-refractivity contribution in [2.75, 3.05) is 13.1 Å². The molecule has 1 heterocycles. The third-order valence-electron chi connectivity index (χ3n) is 3.30. The first-order valence-electron chi connectivity index (χ1n) is 6.05. The van der Waals surface area contributed by atoms with Crippen LogP contribution in [0.4, 0.5) is 0 Å². The summed E-state index contributed by atoms with van der Waals surface area (Å²) in [6, 6.07) is 11.0. The van der Waals surface area contributed by atoms with Crippen molar-refractivity contribution >= 4 is 0 Å². The highest BCUT2D eigenvalue weighted by Gasteiger charge is 2.21. The molecule has 2 N–H and O–H groups in total. The number of hydroxylamine groups is 1. The molecule has 1 aromatic carbocycles. The van der Waals surface area contributed by atoms with Gasteiger partial charge in [0, 0.05) is 19.1 Å². The molecule has 2 rings (SSSR count). The lowest BCUT2D eigenvalue weighted by Crippen LogP contribution is -2.44. The minimum atomic E-state index is 0.471. The van der Waals surface area contributed by atoms with E-state index in [1.807, 2.05) is 6.07 Å². The van der Waals surface area contributed by atoms with E-state index in [-0.39, 0.29) is 0 Å². The van der Waals surface area contributed by atoms with E-state index in [0.29, 0.717) is 12.6 Å². The second-order valence-corrected chi connectivity index (χ2v) is 4.47. The lowest BCUT2D eigenvalue weighted by molar-refractivity contribution is 0.0839. The van der Waals surface area contributed by atoms with E-state index in [2.05, 4.69) is 34.6 Å². The molecule has 88 valence electrons. The Morgan fingerprint density at radius 2 is 2.06 bits per heavy atom. The summed E-state index contributed by atoms with van der Waals surface area (Å²) in [6.07, 6.45) is 3.73. The smallest absolute Gasteiger partial charge is 0.0363 e. The molecule has 1 fully saturated rings. The molecule has 16 heavy (non-hydrogen) atoms. The molecule has 1 saturated heterocycles. The Balaban J connectivity index is 1.96. The average molecular weight is 220 g/mol. The van der Waals surface area contributed by atoms with Gasteiger partial charge in [0.1, 0.15) is 0 Å². The highest BCUT2D eigenvalue weighted by atomic mass is 16.5. The minimum absolute atomic E-state index is 0.471. The normalized spacial score (nSPS) is 22.2. The standard InChI is InChI=1S/C13H20N2O/c16-14-10-13-8-4-5-9-15(13)11-12-6-2-1-3-7-12/h1-3,6-7,13-14,16H,4-5,8-11H2. The zero-order valence-corrected chi connectivity index (χ0v) is 9.60. The molecular weight excluding hydrogens is 200 g/mol. The molecule has 0 radical (unpaired) electrons. The topological polar surface area (TPSA) is 35.5 Å². The molecule has 0 aliphatic carbocycles. The molecule has 1 unspecified atom stereocenters. The molecule has 0 aromatic heterocycles. The summed E-state index contributed by atoms with van der Waals surface area (Å²) < 4.78 is 0. The number of nitrogens with zero attached hydrogens (tertiary/aromatic N) is 1. The van der Waals surface area contributed by atoms with Crippen molar-refractivity contribution in [3.63, 3.8) is 0 Å². The van der Waals surface area contributed by atoms with Crippen LogP contribution in [-0.2, 0) is 6.54 Å². The monoisotopic (exact) mass is 220 g/mol. The summed E-state index contributed by atoms with van der Waals surface area (Å²) >= 11 is 0. The van der Waals surface area contributed by atoms with Gasteiger partial charge in [0.2, 0.25) is 0 Å². The first-order valence-corrected chi connectivity index (χ1v) is 6.05. The summed E-state index contributed by atoms with van der Waals surface area (Å²) in [6.45, 7) is 2.81. The van der Waals surface area contributed by atoms with E-state index >= 15 is 0 Å². The van der Waals surface area contributed by atoms with Crippen molar-refractivity contribution in [3.05, 3.63) is 35.9 Å². The highest BCUT2D eigenvalue weighted by Crippen LogP contribution is 2.18. The average Bonchev–Trinajstić information content (AvgIpc) is 2.33. The maximum absolute atomic E-state index is 8.83. The van der Waals surface area contributed by atoms with Gasteiger partial charge in [-0.1, -0.05) is 36.8 Å². The van der Waals surface area contributed by atoms with Crippen LogP contribution in [0.15, 0.2) is 30.3 Å². The molecule has 1 aliphatic heterocycles. The van der Waals surface area contributed by atoms with E-state index in [9.17, 15) is 0 Å². The van der Waals surface area contributed by atoms with Gasteiger partial charge in [0.05, 0.1) is 0 Å². The van der Waals surface area contributed by atoms with Gasteiger partial charge in [-0.05, 0) is 24.9 Å². The number of piperidine rings is 1. The van der Waals surface area contributed by atoms with Gasteiger partial charge >= 0.3 is 0 Å². The third kappa shape index (κ3) is 3.04. The Bertz CT molecular complexity index is 300. The molecule has 3 heteroatoms. The summed E-state index contributed by atoms with van der Waals surface area (Å²) in [5.41, 5.74) is 3.67.